The van der Waals surface area contributed by atoms with Gasteiger partial charge < -0.3 is 4.90 Å². The Balaban J connectivity index is 1.81. The van der Waals surface area contributed by atoms with Crippen LogP contribution in [0.4, 0.5) is 11.5 Å². The number of nitrogens with zero attached hydrogens (tertiary/aromatic N) is 6. The first-order valence-electron chi connectivity index (χ1n) is 7.25. The third-order valence-corrected chi connectivity index (χ3v) is 3.63. The molecule has 4 rings (SSSR count). The van der Waals surface area contributed by atoms with Crippen LogP contribution in [0.25, 0.3) is 17.2 Å². The number of para-hydroxylation sites is 1. The Morgan fingerprint density at radius 3 is 2.48 bits per heavy atom. The van der Waals surface area contributed by atoms with Crippen LogP contribution in [0.1, 0.15) is 0 Å². The van der Waals surface area contributed by atoms with E-state index in [-0.39, 0.29) is 0 Å². The lowest BCUT2D eigenvalue weighted by Gasteiger charge is -2.18. The lowest BCUT2D eigenvalue weighted by atomic mass is 10.3. The van der Waals surface area contributed by atoms with E-state index in [9.17, 15) is 0 Å². The summed E-state index contributed by atoms with van der Waals surface area (Å²) in [6, 6.07) is 19.6. The molecular weight excluding hydrogens is 288 g/mol. The molecule has 0 saturated heterocycles. The molecule has 6 nitrogen and oxygen atoms in total. The molecule has 0 N–H and O–H groups in total. The zero-order valence-corrected chi connectivity index (χ0v) is 12.5. The molecule has 0 aliphatic heterocycles. The highest BCUT2D eigenvalue weighted by Gasteiger charge is 2.12. The average molecular weight is 302 g/mol. The molecule has 3 heterocycles. The van der Waals surface area contributed by atoms with Gasteiger partial charge in [0.05, 0.1) is 0 Å². The summed E-state index contributed by atoms with van der Waals surface area (Å²) in [6.07, 6.45) is 1.73. The monoisotopic (exact) mass is 302 g/mol. The van der Waals surface area contributed by atoms with Crippen molar-refractivity contribution in [3.05, 3.63) is 66.9 Å². The molecule has 112 valence electrons. The molecule has 0 fully saturated rings. The molecule has 6 heteroatoms. The normalized spacial score (nSPS) is 10.8. The van der Waals surface area contributed by atoms with Gasteiger partial charge in [0.2, 0.25) is 5.82 Å². The van der Waals surface area contributed by atoms with E-state index in [0.717, 1.165) is 17.2 Å². The summed E-state index contributed by atoms with van der Waals surface area (Å²) in [4.78, 5) is 6.34. The van der Waals surface area contributed by atoms with E-state index in [2.05, 4.69) is 20.3 Å². The van der Waals surface area contributed by atoms with E-state index in [0.29, 0.717) is 11.5 Å². The van der Waals surface area contributed by atoms with Crippen LogP contribution in [0.5, 0.6) is 0 Å². The van der Waals surface area contributed by atoms with Crippen molar-refractivity contribution in [2.45, 2.75) is 0 Å². The highest BCUT2D eigenvalue weighted by Crippen LogP contribution is 2.22. The summed E-state index contributed by atoms with van der Waals surface area (Å²) in [5.74, 6) is 1.43. The van der Waals surface area contributed by atoms with Crippen LogP contribution >= 0.6 is 0 Å². The molecule has 0 unspecified atom stereocenters. The number of fused-ring (bicyclic) bond motifs is 1. The van der Waals surface area contributed by atoms with Crippen LogP contribution in [0, 0.1) is 0 Å². The fourth-order valence-electron chi connectivity index (χ4n) is 2.40. The zero-order valence-electron chi connectivity index (χ0n) is 12.5. The van der Waals surface area contributed by atoms with Gasteiger partial charge in [-0.15, -0.1) is 15.3 Å². The van der Waals surface area contributed by atoms with Gasteiger partial charge in [0.1, 0.15) is 5.69 Å². The maximum Gasteiger partial charge on any atom is 0.203 e. The molecule has 0 radical (unpaired) electrons. The minimum Gasteiger partial charge on any atom is -0.328 e. The van der Waals surface area contributed by atoms with Crippen molar-refractivity contribution in [3.63, 3.8) is 0 Å². The molecule has 1 aromatic carbocycles. The second-order valence-electron chi connectivity index (χ2n) is 5.09. The molecule has 0 amide bonds. The lowest BCUT2D eigenvalue weighted by Crippen LogP contribution is -2.12. The number of anilines is 2. The van der Waals surface area contributed by atoms with Crippen LogP contribution in [0.2, 0.25) is 0 Å². The Hall–Kier alpha value is -3.28. The Morgan fingerprint density at radius 1 is 0.870 bits per heavy atom. The zero-order chi connectivity index (χ0) is 15.6. The van der Waals surface area contributed by atoms with E-state index in [4.69, 9.17) is 0 Å². The molecule has 4 aromatic rings. The van der Waals surface area contributed by atoms with Crippen LogP contribution < -0.4 is 4.90 Å². The Kier molecular flexibility index (Phi) is 3.20. The SMILES string of the molecule is CN(c1ccccc1)c1ccc2nnc(-c3ccccn3)n2n1. The van der Waals surface area contributed by atoms with Gasteiger partial charge in [0, 0.05) is 18.9 Å². The second-order valence-corrected chi connectivity index (χ2v) is 5.09. The van der Waals surface area contributed by atoms with Crippen LogP contribution in [0.3, 0.4) is 0 Å². The first kappa shape index (κ1) is 13.4. The predicted octanol–water partition coefficient (Wildman–Crippen LogP) is 2.95. The highest BCUT2D eigenvalue weighted by molar-refractivity contribution is 5.61. The van der Waals surface area contributed by atoms with Crippen molar-refractivity contribution in [1.82, 2.24) is 24.8 Å². The van der Waals surface area contributed by atoms with Gasteiger partial charge >= 0.3 is 0 Å². The average Bonchev–Trinajstić information content (AvgIpc) is 3.05. The van der Waals surface area contributed by atoms with Crippen LogP contribution in [0.15, 0.2) is 66.9 Å². The Morgan fingerprint density at radius 2 is 1.70 bits per heavy atom. The smallest absolute Gasteiger partial charge is 0.203 e. The van der Waals surface area contributed by atoms with Crippen molar-refractivity contribution >= 4 is 17.2 Å². The van der Waals surface area contributed by atoms with E-state index in [1.165, 1.54) is 0 Å². The van der Waals surface area contributed by atoms with Gasteiger partial charge in [-0.2, -0.15) is 4.52 Å². The summed E-state index contributed by atoms with van der Waals surface area (Å²) in [6.45, 7) is 0. The third kappa shape index (κ3) is 2.40. The topological polar surface area (TPSA) is 59.2 Å². The quantitative estimate of drug-likeness (QED) is 0.582. The van der Waals surface area contributed by atoms with Gasteiger partial charge in [-0.1, -0.05) is 24.3 Å². The molecule has 0 saturated carbocycles. The third-order valence-electron chi connectivity index (χ3n) is 3.63. The van der Waals surface area contributed by atoms with E-state index < -0.39 is 0 Å². The molecule has 0 bridgehead atoms. The fourth-order valence-corrected chi connectivity index (χ4v) is 2.40. The minimum absolute atomic E-state index is 0.629. The number of hydrogen-bond donors (Lipinski definition) is 0. The Bertz CT molecular complexity index is 933. The molecule has 0 atom stereocenters. The fraction of sp³-hybridized carbons (Fsp3) is 0.0588. The molecule has 23 heavy (non-hydrogen) atoms. The van der Waals surface area contributed by atoms with Crippen molar-refractivity contribution in [2.24, 2.45) is 0 Å². The summed E-state index contributed by atoms with van der Waals surface area (Å²) in [7, 11) is 1.98. The maximum atomic E-state index is 4.67. The van der Waals surface area contributed by atoms with E-state index >= 15 is 0 Å². The first-order chi connectivity index (χ1) is 11.3. The predicted molar refractivity (Wildman–Crippen MR) is 88.5 cm³/mol. The minimum atomic E-state index is 0.629. The second kappa shape index (κ2) is 5.49. The highest BCUT2D eigenvalue weighted by atomic mass is 15.4. The first-order valence-corrected chi connectivity index (χ1v) is 7.25. The molecule has 0 aliphatic carbocycles. The summed E-state index contributed by atoms with van der Waals surface area (Å²) in [5, 5.41) is 13.0. The summed E-state index contributed by atoms with van der Waals surface area (Å²) < 4.78 is 1.72. The number of aromatic nitrogens is 5. The van der Waals surface area contributed by atoms with Crippen LogP contribution in [-0.4, -0.2) is 31.8 Å². The number of benzene rings is 1. The van der Waals surface area contributed by atoms with Crippen molar-refractivity contribution in [3.8, 4) is 11.5 Å². The van der Waals surface area contributed by atoms with Gasteiger partial charge in [-0.05, 0) is 36.4 Å². The number of pyridine rings is 1. The molecule has 3 aromatic heterocycles. The van der Waals surface area contributed by atoms with Crippen LogP contribution in [-0.2, 0) is 0 Å². The van der Waals surface area contributed by atoms with Crippen molar-refractivity contribution in [2.75, 3.05) is 11.9 Å². The molecule has 0 aliphatic rings. The van der Waals surface area contributed by atoms with Gasteiger partial charge in [-0.25, -0.2) is 0 Å². The van der Waals surface area contributed by atoms with E-state index in [1.807, 2.05) is 72.6 Å². The van der Waals surface area contributed by atoms with E-state index in [1.54, 1.807) is 10.7 Å². The summed E-state index contributed by atoms with van der Waals surface area (Å²) in [5.41, 5.74) is 2.50. The van der Waals surface area contributed by atoms with Crippen molar-refractivity contribution < 1.29 is 0 Å². The van der Waals surface area contributed by atoms with Gasteiger partial charge in [-0.3, -0.25) is 4.98 Å². The number of hydrogen-bond acceptors (Lipinski definition) is 5. The maximum absolute atomic E-state index is 4.67. The standard InChI is InChI=1S/C17H14N6/c1-22(13-7-3-2-4-8-13)16-11-10-15-19-20-17(23(15)21-16)14-9-5-6-12-18-14/h2-12H,1H3. The Labute approximate surface area is 133 Å². The largest absolute Gasteiger partial charge is 0.328 e. The summed E-state index contributed by atoms with van der Waals surface area (Å²) >= 11 is 0. The number of rotatable bonds is 3. The lowest BCUT2D eigenvalue weighted by molar-refractivity contribution is 0.910. The van der Waals surface area contributed by atoms with Gasteiger partial charge in [0.15, 0.2) is 11.5 Å². The molecule has 0 spiro atoms. The molecular formula is C17H14N6. The van der Waals surface area contributed by atoms with Gasteiger partial charge in [0.25, 0.3) is 0 Å². The van der Waals surface area contributed by atoms with Crippen molar-refractivity contribution in [1.29, 1.82) is 0 Å².